The van der Waals surface area contributed by atoms with Gasteiger partial charge in [0.25, 0.3) is 5.91 Å². The van der Waals surface area contributed by atoms with Crippen molar-refractivity contribution in [1.82, 2.24) is 14.7 Å². The Morgan fingerprint density at radius 2 is 2.00 bits per heavy atom. The maximum absolute atomic E-state index is 12.9. The van der Waals surface area contributed by atoms with Gasteiger partial charge in [0.05, 0.1) is 28.7 Å². The molecule has 1 aromatic carbocycles. The molecule has 0 N–H and O–H groups in total. The third-order valence-electron chi connectivity index (χ3n) is 4.42. The summed E-state index contributed by atoms with van der Waals surface area (Å²) in [7, 11) is 1.90. The molecule has 0 radical (unpaired) electrons. The van der Waals surface area contributed by atoms with E-state index in [1.807, 2.05) is 24.3 Å². The molecule has 3 heterocycles. The molecule has 24 heavy (non-hydrogen) atoms. The lowest BCUT2D eigenvalue weighted by molar-refractivity contribution is 0.0748. The Bertz CT molecular complexity index is 893. The highest BCUT2D eigenvalue weighted by Gasteiger charge is 2.24. The summed E-state index contributed by atoms with van der Waals surface area (Å²) in [6, 6.07) is 5.28. The standard InChI is InChI=1S/C17H17ClN4O2/c1-20-11-12(10-19-20)21-5-7-22(8-6-21)17(23)14-2-3-15(18)16-13(14)4-9-24-16/h2-4,9-11H,5-8H2,1H3. The number of halogens is 1. The molecule has 0 bridgehead atoms. The highest BCUT2D eigenvalue weighted by Crippen LogP contribution is 2.28. The van der Waals surface area contributed by atoms with Crippen LogP contribution in [0.5, 0.6) is 0 Å². The predicted octanol–water partition coefficient (Wildman–Crippen LogP) is 2.78. The molecule has 1 amide bonds. The molecule has 1 aliphatic heterocycles. The minimum absolute atomic E-state index is 0.0175. The molecule has 4 rings (SSSR count). The Morgan fingerprint density at radius 3 is 2.71 bits per heavy atom. The van der Waals surface area contributed by atoms with Crippen molar-refractivity contribution < 1.29 is 9.21 Å². The lowest BCUT2D eigenvalue weighted by Crippen LogP contribution is -2.48. The number of piperazine rings is 1. The zero-order chi connectivity index (χ0) is 16.7. The van der Waals surface area contributed by atoms with Crippen LogP contribution in [0.25, 0.3) is 11.0 Å². The van der Waals surface area contributed by atoms with Crippen LogP contribution in [0, 0.1) is 0 Å². The van der Waals surface area contributed by atoms with E-state index in [1.165, 1.54) is 0 Å². The zero-order valence-electron chi connectivity index (χ0n) is 13.3. The Morgan fingerprint density at radius 1 is 1.21 bits per heavy atom. The molecule has 1 fully saturated rings. The monoisotopic (exact) mass is 344 g/mol. The van der Waals surface area contributed by atoms with Crippen molar-refractivity contribution in [3.8, 4) is 0 Å². The van der Waals surface area contributed by atoms with Crippen LogP contribution in [0.2, 0.25) is 5.02 Å². The van der Waals surface area contributed by atoms with Gasteiger partial charge in [-0.3, -0.25) is 9.48 Å². The van der Waals surface area contributed by atoms with Crippen molar-refractivity contribution in [1.29, 1.82) is 0 Å². The van der Waals surface area contributed by atoms with Crippen molar-refractivity contribution in [2.24, 2.45) is 7.05 Å². The summed E-state index contributed by atoms with van der Waals surface area (Å²) in [5.74, 6) is 0.0175. The smallest absolute Gasteiger partial charge is 0.254 e. The third-order valence-corrected chi connectivity index (χ3v) is 4.72. The van der Waals surface area contributed by atoms with Gasteiger partial charge in [-0.15, -0.1) is 0 Å². The number of hydrogen-bond donors (Lipinski definition) is 0. The van der Waals surface area contributed by atoms with E-state index in [4.69, 9.17) is 16.0 Å². The van der Waals surface area contributed by atoms with Gasteiger partial charge in [0.15, 0.2) is 5.58 Å². The molecule has 0 atom stereocenters. The number of amides is 1. The summed E-state index contributed by atoms with van der Waals surface area (Å²) in [5.41, 5.74) is 2.29. The Hall–Kier alpha value is -2.47. The summed E-state index contributed by atoms with van der Waals surface area (Å²) in [6.07, 6.45) is 5.41. The Labute approximate surface area is 144 Å². The number of benzene rings is 1. The van der Waals surface area contributed by atoms with Gasteiger partial charge < -0.3 is 14.2 Å². The van der Waals surface area contributed by atoms with Crippen LogP contribution in [-0.4, -0.2) is 46.8 Å². The second-order valence-corrected chi connectivity index (χ2v) is 6.32. The molecular weight excluding hydrogens is 328 g/mol. The van der Waals surface area contributed by atoms with Gasteiger partial charge in [-0.1, -0.05) is 11.6 Å². The van der Waals surface area contributed by atoms with Crippen molar-refractivity contribution >= 4 is 34.2 Å². The first-order chi connectivity index (χ1) is 11.6. The van der Waals surface area contributed by atoms with Crippen LogP contribution in [0.1, 0.15) is 10.4 Å². The maximum Gasteiger partial charge on any atom is 0.254 e. The number of hydrogen-bond acceptors (Lipinski definition) is 4. The lowest BCUT2D eigenvalue weighted by atomic mass is 10.1. The summed E-state index contributed by atoms with van der Waals surface area (Å²) in [4.78, 5) is 17.0. The van der Waals surface area contributed by atoms with Crippen molar-refractivity contribution in [2.75, 3.05) is 31.1 Å². The molecule has 7 heteroatoms. The van der Waals surface area contributed by atoms with Gasteiger partial charge in [-0.05, 0) is 18.2 Å². The molecule has 0 spiro atoms. The number of nitrogens with zero attached hydrogens (tertiary/aromatic N) is 4. The molecule has 6 nitrogen and oxygen atoms in total. The molecular formula is C17H17ClN4O2. The molecule has 0 aliphatic carbocycles. The normalized spacial score (nSPS) is 15.2. The van der Waals surface area contributed by atoms with E-state index in [9.17, 15) is 4.79 Å². The maximum atomic E-state index is 12.9. The number of carbonyl (C=O) groups is 1. The number of carbonyl (C=O) groups excluding carboxylic acids is 1. The fraction of sp³-hybridized carbons (Fsp3) is 0.294. The number of aryl methyl sites for hydroxylation is 1. The molecule has 0 unspecified atom stereocenters. The van der Waals surface area contributed by atoms with Crippen LogP contribution in [0.3, 0.4) is 0 Å². The molecule has 124 valence electrons. The number of fused-ring (bicyclic) bond motifs is 1. The molecule has 2 aromatic heterocycles. The van der Waals surface area contributed by atoms with Gasteiger partial charge >= 0.3 is 0 Å². The van der Waals surface area contributed by atoms with Crippen molar-refractivity contribution in [3.63, 3.8) is 0 Å². The van der Waals surface area contributed by atoms with Gasteiger partial charge in [-0.2, -0.15) is 5.10 Å². The van der Waals surface area contributed by atoms with Crippen LogP contribution in [0.4, 0.5) is 5.69 Å². The van der Waals surface area contributed by atoms with Crippen molar-refractivity contribution in [2.45, 2.75) is 0 Å². The van der Waals surface area contributed by atoms with Crippen LogP contribution in [0.15, 0.2) is 41.3 Å². The van der Waals surface area contributed by atoms with Gasteiger partial charge in [0.1, 0.15) is 0 Å². The SMILES string of the molecule is Cn1cc(N2CCN(C(=O)c3ccc(Cl)c4occc34)CC2)cn1. The molecule has 3 aromatic rings. The van der Waals surface area contributed by atoms with Crippen LogP contribution < -0.4 is 4.90 Å². The Kier molecular flexibility index (Phi) is 3.69. The van der Waals surface area contributed by atoms with Gasteiger partial charge in [-0.25, -0.2) is 0 Å². The summed E-state index contributed by atoms with van der Waals surface area (Å²) < 4.78 is 7.17. The number of rotatable bonds is 2. The molecule has 1 aliphatic rings. The quantitative estimate of drug-likeness (QED) is 0.717. The van der Waals surface area contributed by atoms with Crippen LogP contribution in [-0.2, 0) is 7.05 Å². The van der Waals surface area contributed by atoms with E-state index in [1.54, 1.807) is 29.1 Å². The second-order valence-electron chi connectivity index (χ2n) is 5.91. The van der Waals surface area contributed by atoms with Crippen molar-refractivity contribution in [3.05, 3.63) is 47.4 Å². The minimum Gasteiger partial charge on any atom is -0.463 e. The average Bonchev–Trinajstić information content (AvgIpc) is 3.24. The first-order valence-electron chi connectivity index (χ1n) is 7.82. The zero-order valence-corrected chi connectivity index (χ0v) is 14.0. The predicted molar refractivity (Wildman–Crippen MR) is 92.5 cm³/mol. The van der Waals surface area contributed by atoms with Crippen LogP contribution >= 0.6 is 11.6 Å². The number of aromatic nitrogens is 2. The van der Waals surface area contributed by atoms with Gasteiger partial charge in [0.2, 0.25) is 0 Å². The molecule has 0 saturated carbocycles. The van der Waals surface area contributed by atoms with E-state index >= 15 is 0 Å². The minimum atomic E-state index is 0.0175. The summed E-state index contributed by atoms with van der Waals surface area (Å²) in [5, 5.41) is 5.49. The number of furan rings is 1. The van der Waals surface area contributed by atoms with E-state index in [0.717, 1.165) is 24.2 Å². The largest absolute Gasteiger partial charge is 0.463 e. The highest BCUT2D eigenvalue weighted by molar-refractivity contribution is 6.35. The first kappa shape index (κ1) is 15.1. The summed E-state index contributed by atoms with van der Waals surface area (Å²) >= 11 is 6.12. The third kappa shape index (κ3) is 2.53. The molecule has 1 saturated heterocycles. The lowest BCUT2D eigenvalue weighted by Gasteiger charge is -2.35. The Balaban J connectivity index is 1.52. The number of anilines is 1. The van der Waals surface area contributed by atoms with E-state index < -0.39 is 0 Å². The highest BCUT2D eigenvalue weighted by atomic mass is 35.5. The first-order valence-corrected chi connectivity index (χ1v) is 8.20. The fourth-order valence-electron chi connectivity index (χ4n) is 3.12. The fourth-order valence-corrected chi connectivity index (χ4v) is 3.33. The topological polar surface area (TPSA) is 54.5 Å². The van der Waals surface area contributed by atoms with E-state index in [2.05, 4.69) is 10.00 Å². The van der Waals surface area contributed by atoms with E-state index in [-0.39, 0.29) is 5.91 Å². The second kappa shape index (κ2) is 5.87. The average molecular weight is 345 g/mol. The summed E-state index contributed by atoms with van der Waals surface area (Å²) in [6.45, 7) is 2.94. The van der Waals surface area contributed by atoms with E-state index in [0.29, 0.717) is 29.3 Å². The van der Waals surface area contributed by atoms with Gasteiger partial charge in [0, 0.05) is 44.8 Å².